The molecule has 0 aliphatic heterocycles. The molecule has 7 nitrogen and oxygen atoms in total. The van der Waals surface area contributed by atoms with Crippen LogP contribution in [0.5, 0.6) is 0 Å². The Bertz CT molecular complexity index is 672. The van der Waals surface area contributed by atoms with Crippen molar-refractivity contribution in [1.82, 2.24) is 15.5 Å². The molecular formula is C14H16N4O3. The van der Waals surface area contributed by atoms with Crippen LogP contribution in [0.4, 0.5) is 5.69 Å². The van der Waals surface area contributed by atoms with Crippen molar-refractivity contribution in [2.24, 2.45) is 0 Å². The predicted molar refractivity (Wildman–Crippen MR) is 78.1 cm³/mol. The van der Waals surface area contributed by atoms with E-state index in [9.17, 15) is 9.59 Å². The molecule has 0 bridgehead atoms. The number of hydrogen-bond donors (Lipinski definition) is 2. The molecule has 0 aliphatic rings. The molecule has 0 unspecified atom stereocenters. The number of ether oxygens (including phenoxy) is 1. The van der Waals surface area contributed by atoms with Crippen molar-refractivity contribution in [1.29, 1.82) is 0 Å². The highest BCUT2D eigenvalue weighted by Crippen LogP contribution is 2.24. The summed E-state index contributed by atoms with van der Waals surface area (Å²) in [5.74, 6) is -0.777. The molecule has 110 valence electrons. The zero-order valence-corrected chi connectivity index (χ0v) is 11.8. The summed E-state index contributed by atoms with van der Waals surface area (Å²) in [4.78, 5) is 23.4. The molecule has 1 amide bonds. The fourth-order valence-electron chi connectivity index (χ4n) is 1.83. The standard InChI is InChI=1S/C14H16N4O3/c1-3-21-14(20)13-12(16-8-11(19)15-2)9-6-4-5-7-10(9)17-18-13/h4-7H,3,8H2,1-2H3,(H,15,19)(H,16,17). The van der Waals surface area contributed by atoms with Crippen molar-refractivity contribution < 1.29 is 14.3 Å². The highest BCUT2D eigenvalue weighted by molar-refractivity contribution is 6.03. The number of anilines is 1. The molecular weight excluding hydrogens is 272 g/mol. The summed E-state index contributed by atoms with van der Waals surface area (Å²) in [7, 11) is 1.54. The van der Waals surface area contributed by atoms with E-state index < -0.39 is 5.97 Å². The molecule has 1 aromatic carbocycles. The number of fused-ring (bicyclic) bond motifs is 1. The first kappa shape index (κ1) is 14.7. The number of nitrogens with one attached hydrogen (secondary N) is 2. The largest absolute Gasteiger partial charge is 0.461 e. The van der Waals surface area contributed by atoms with Gasteiger partial charge in [0, 0.05) is 12.4 Å². The quantitative estimate of drug-likeness (QED) is 0.796. The molecule has 0 radical (unpaired) electrons. The zero-order valence-electron chi connectivity index (χ0n) is 11.8. The van der Waals surface area contributed by atoms with Gasteiger partial charge in [-0.1, -0.05) is 18.2 Å². The third kappa shape index (κ3) is 3.25. The minimum absolute atomic E-state index is 0.0264. The third-order valence-corrected chi connectivity index (χ3v) is 2.84. The second kappa shape index (κ2) is 6.65. The van der Waals surface area contributed by atoms with Crippen molar-refractivity contribution in [3.8, 4) is 0 Å². The van der Waals surface area contributed by atoms with Gasteiger partial charge in [-0.05, 0) is 13.0 Å². The van der Waals surface area contributed by atoms with E-state index >= 15 is 0 Å². The van der Waals surface area contributed by atoms with Gasteiger partial charge in [-0.2, -0.15) is 0 Å². The monoisotopic (exact) mass is 288 g/mol. The van der Waals surface area contributed by atoms with Crippen LogP contribution in [-0.2, 0) is 9.53 Å². The lowest BCUT2D eigenvalue weighted by atomic mass is 10.1. The number of carbonyl (C=O) groups excluding carboxylic acids is 2. The highest BCUT2D eigenvalue weighted by Gasteiger charge is 2.18. The number of amides is 1. The highest BCUT2D eigenvalue weighted by atomic mass is 16.5. The maximum atomic E-state index is 12.0. The van der Waals surface area contributed by atoms with Gasteiger partial charge in [0.05, 0.1) is 24.4 Å². The van der Waals surface area contributed by atoms with E-state index in [1.54, 1.807) is 26.1 Å². The van der Waals surface area contributed by atoms with Crippen LogP contribution >= 0.6 is 0 Å². The molecule has 2 N–H and O–H groups in total. The van der Waals surface area contributed by atoms with E-state index in [2.05, 4.69) is 20.8 Å². The lowest BCUT2D eigenvalue weighted by molar-refractivity contribution is -0.118. The first-order valence-corrected chi connectivity index (χ1v) is 6.54. The van der Waals surface area contributed by atoms with Crippen LogP contribution in [0.2, 0.25) is 0 Å². The second-order valence-corrected chi connectivity index (χ2v) is 4.19. The lowest BCUT2D eigenvalue weighted by Gasteiger charge is -2.12. The van der Waals surface area contributed by atoms with Crippen LogP contribution in [0.1, 0.15) is 17.4 Å². The maximum Gasteiger partial charge on any atom is 0.361 e. The van der Waals surface area contributed by atoms with Gasteiger partial charge in [0.1, 0.15) is 0 Å². The first-order chi connectivity index (χ1) is 10.2. The molecule has 2 rings (SSSR count). The molecule has 0 saturated heterocycles. The lowest BCUT2D eigenvalue weighted by Crippen LogP contribution is -2.27. The molecule has 0 saturated carbocycles. The van der Waals surface area contributed by atoms with Crippen molar-refractivity contribution in [2.45, 2.75) is 6.92 Å². The number of benzene rings is 1. The number of esters is 1. The van der Waals surface area contributed by atoms with Gasteiger partial charge in [-0.25, -0.2) is 4.79 Å². The van der Waals surface area contributed by atoms with E-state index in [0.717, 1.165) is 0 Å². The molecule has 0 fully saturated rings. The Labute approximate surface area is 121 Å². The fourth-order valence-corrected chi connectivity index (χ4v) is 1.83. The van der Waals surface area contributed by atoms with Gasteiger partial charge >= 0.3 is 5.97 Å². The molecule has 21 heavy (non-hydrogen) atoms. The zero-order chi connectivity index (χ0) is 15.2. The summed E-state index contributed by atoms with van der Waals surface area (Å²) in [6.45, 7) is 1.98. The molecule has 1 aromatic heterocycles. The molecule has 2 aromatic rings. The van der Waals surface area contributed by atoms with Gasteiger partial charge in [0.2, 0.25) is 5.91 Å². The average molecular weight is 288 g/mol. The minimum Gasteiger partial charge on any atom is -0.461 e. The van der Waals surface area contributed by atoms with Gasteiger partial charge in [0.15, 0.2) is 5.69 Å². The summed E-state index contributed by atoms with van der Waals surface area (Å²) in [5, 5.41) is 14.1. The summed E-state index contributed by atoms with van der Waals surface area (Å²) in [6, 6.07) is 7.23. The Morgan fingerprint density at radius 1 is 1.24 bits per heavy atom. The van der Waals surface area contributed by atoms with Crippen molar-refractivity contribution in [3.63, 3.8) is 0 Å². The van der Waals surface area contributed by atoms with Crippen molar-refractivity contribution in [2.75, 3.05) is 25.5 Å². The topological polar surface area (TPSA) is 93.2 Å². The Kier molecular flexibility index (Phi) is 4.65. The summed E-state index contributed by atoms with van der Waals surface area (Å²) < 4.78 is 4.97. The molecule has 0 atom stereocenters. The summed E-state index contributed by atoms with van der Waals surface area (Å²) in [6.07, 6.45) is 0. The van der Waals surface area contributed by atoms with Gasteiger partial charge in [-0.15, -0.1) is 10.2 Å². The van der Waals surface area contributed by atoms with E-state index in [1.165, 1.54) is 0 Å². The number of carbonyl (C=O) groups is 2. The van der Waals surface area contributed by atoms with E-state index in [0.29, 0.717) is 16.6 Å². The Hall–Kier alpha value is -2.70. The van der Waals surface area contributed by atoms with E-state index in [1.807, 2.05) is 12.1 Å². The third-order valence-electron chi connectivity index (χ3n) is 2.84. The van der Waals surface area contributed by atoms with Gasteiger partial charge < -0.3 is 15.4 Å². The molecule has 7 heteroatoms. The molecule has 0 aliphatic carbocycles. The van der Waals surface area contributed by atoms with Crippen LogP contribution in [-0.4, -0.2) is 42.3 Å². The number of likely N-dealkylation sites (N-methyl/N-ethyl adjacent to an activating group) is 1. The summed E-state index contributed by atoms with van der Waals surface area (Å²) in [5.41, 5.74) is 1.15. The first-order valence-electron chi connectivity index (χ1n) is 6.54. The minimum atomic E-state index is -0.574. The Morgan fingerprint density at radius 3 is 2.71 bits per heavy atom. The number of rotatable bonds is 5. The molecule has 1 heterocycles. The van der Waals surface area contributed by atoms with E-state index in [-0.39, 0.29) is 24.8 Å². The Balaban J connectivity index is 2.46. The van der Waals surface area contributed by atoms with Crippen LogP contribution in [0.15, 0.2) is 24.3 Å². The average Bonchev–Trinajstić information content (AvgIpc) is 2.52. The second-order valence-electron chi connectivity index (χ2n) is 4.19. The van der Waals surface area contributed by atoms with Crippen LogP contribution in [0, 0.1) is 0 Å². The van der Waals surface area contributed by atoms with Gasteiger partial charge in [0.25, 0.3) is 0 Å². The Morgan fingerprint density at radius 2 is 2.00 bits per heavy atom. The smallest absolute Gasteiger partial charge is 0.361 e. The summed E-state index contributed by atoms with van der Waals surface area (Å²) >= 11 is 0. The molecule has 0 spiro atoms. The fraction of sp³-hybridized carbons (Fsp3) is 0.286. The SMILES string of the molecule is CCOC(=O)c1nnc2ccccc2c1NCC(=O)NC. The number of aromatic nitrogens is 2. The van der Waals surface area contributed by atoms with E-state index in [4.69, 9.17) is 4.74 Å². The van der Waals surface area contributed by atoms with Gasteiger partial charge in [-0.3, -0.25) is 4.79 Å². The van der Waals surface area contributed by atoms with Crippen LogP contribution < -0.4 is 10.6 Å². The normalized spacial score (nSPS) is 10.2. The predicted octanol–water partition coefficient (Wildman–Crippen LogP) is 0.964. The van der Waals surface area contributed by atoms with Crippen molar-refractivity contribution in [3.05, 3.63) is 30.0 Å². The number of hydrogen-bond acceptors (Lipinski definition) is 6. The van der Waals surface area contributed by atoms with Crippen LogP contribution in [0.3, 0.4) is 0 Å². The van der Waals surface area contributed by atoms with Crippen LogP contribution in [0.25, 0.3) is 10.9 Å². The number of nitrogens with zero attached hydrogens (tertiary/aromatic N) is 2. The maximum absolute atomic E-state index is 12.0. The van der Waals surface area contributed by atoms with Crippen molar-refractivity contribution >= 4 is 28.5 Å².